The lowest BCUT2D eigenvalue weighted by molar-refractivity contribution is 0.477. The maximum Gasteiger partial charge on any atom is 0.274 e. The number of hydrogen-bond donors (Lipinski definition) is 1. The van der Waals surface area contributed by atoms with Gasteiger partial charge in [0.05, 0.1) is 5.39 Å². The molecule has 100 valence electrons. The molecule has 0 spiro atoms. The van der Waals surface area contributed by atoms with Gasteiger partial charge in [0, 0.05) is 18.0 Å². The highest BCUT2D eigenvalue weighted by molar-refractivity contribution is 5.95. The summed E-state index contributed by atoms with van der Waals surface area (Å²) in [4.78, 5) is 12.1. The zero-order chi connectivity index (χ0) is 14.3. The molecule has 0 aliphatic carbocycles. The first-order chi connectivity index (χ1) is 9.58. The lowest BCUT2D eigenvalue weighted by Crippen LogP contribution is -2.20. The van der Waals surface area contributed by atoms with Crippen LogP contribution in [0.5, 0.6) is 5.75 Å². The Morgan fingerprint density at radius 3 is 2.55 bits per heavy atom. The van der Waals surface area contributed by atoms with Crippen LogP contribution in [0.4, 0.5) is 0 Å². The SMILES string of the molecule is Cc1ccc(O)c(-c2nn(C)c(=O)c3ccccc23)c1. The van der Waals surface area contributed by atoms with E-state index in [9.17, 15) is 9.90 Å². The number of hydrogen-bond acceptors (Lipinski definition) is 3. The first-order valence-electron chi connectivity index (χ1n) is 6.34. The Labute approximate surface area is 115 Å². The fourth-order valence-electron chi connectivity index (χ4n) is 2.34. The topological polar surface area (TPSA) is 55.1 Å². The highest BCUT2D eigenvalue weighted by Crippen LogP contribution is 2.32. The molecule has 20 heavy (non-hydrogen) atoms. The minimum Gasteiger partial charge on any atom is -0.507 e. The van der Waals surface area contributed by atoms with E-state index in [2.05, 4.69) is 5.10 Å². The van der Waals surface area contributed by atoms with Crippen LogP contribution in [-0.2, 0) is 7.05 Å². The molecule has 3 aromatic rings. The van der Waals surface area contributed by atoms with Crippen molar-refractivity contribution in [3.63, 3.8) is 0 Å². The third-order valence-electron chi connectivity index (χ3n) is 3.36. The van der Waals surface area contributed by atoms with Gasteiger partial charge in [-0.2, -0.15) is 5.10 Å². The molecular formula is C16H14N2O2. The van der Waals surface area contributed by atoms with Gasteiger partial charge >= 0.3 is 0 Å². The van der Waals surface area contributed by atoms with Gasteiger partial charge in [-0.05, 0) is 25.1 Å². The predicted molar refractivity (Wildman–Crippen MR) is 78.8 cm³/mol. The first-order valence-corrected chi connectivity index (χ1v) is 6.34. The number of nitrogens with zero attached hydrogens (tertiary/aromatic N) is 2. The third kappa shape index (κ3) is 1.86. The molecule has 0 aliphatic heterocycles. The van der Waals surface area contributed by atoms with Gasteiger partial charge in [-0.3, -0.25) is 4.79 Å². The molecule has 0 amide bonds. The second-order valence-corrected chi connectivity index (χ2v) is 4.84. The zero-order valence-electron chi connectivity index (χ0n) is 11.3. The van der Waals surface area contributed by atoms with E-state index < -0.39 is 0 Å². The van der Waals surface area contributed by atoms with Crippen LogP contribution >= 0.6 is 0 Å². The summed E-state index contributed by atoms with van der Waals surface area (Å²) in [6, 6.07) is 12.7. The molecule has 4 nitrogen and oxygen atoms in total. The number of aromatic nitrogens is 2. The smallest absolute Gasteiger partial charge is 0.274 e. The number of phenols is 1. The second-order valence-electron chi connectivity index (χ2n) is 4.84. The van der Waals surface area contributed by atoms with Gasteiger partial charge in [0.1, 0.15) is 11.4 Å². The van der Waals surface area contributed by atoms with E-state index in [1.807, 2.05) is 37.3 Å². The summed E-state index contributed by atoms with van der Waals surface area (Å²) in [5, 5.41) is 15.7. The van der Waals surface area contributed by atoms with E-state index in [-0.39, 0.29) is 11.3 Å². The summed E-state index contributed by atoms with van der Waals surface area (Å²) in [5.41, 5.74) is 2.13. The molecule has 0 fully saturated rings. The van der Waals surface area contributed by atoms with E-state index >= 15 is 0 Å². The Morgan fingerprint density at radius 2 is 1.80 bits per heavy atom. The normalized spacial score (nSPS) is 10.9. The highest BCUT2D eigenvalue weighted by Gasteiger charge is 2.13. The van der Waals surface area contributed by atoms with Crippen molar-refractivity contribution in [2.24, 2.45) is 7.05 Å². The molecule has 0 unspecified atom stereocenters. The maximum atomic E-state index is 12.1. The zero-order valence-corrected chi connectivity index (χ0v) is 11.3. The Kier molecular flexibility index (Phi) is 2.79. The summed E-state index contributed by atoms with van der Waals surface area (Å²) >= 11 is 0. The molecule has 1 heterocycles. The fourth-order valence-corrected chi connectivity index (χ4v) is 2.34. The van der Waals surface area contributed by atoms with Gasteiger partial charge in [0.15, 0.2) is 0 Å². The van der Waals surface area contributed by atoms with Crippen LogP contribution < -0.4 is 5.56 Å². The Balaban J connectivity index is 2.45. The first kappa shape index (κ1) is 12.4. The summed E-state index contributed by atoms with van der Waals surface area (Å²) < 4.78 is 1.30. The Bertz CT molecular complexity index is 866. The molecular weight excluding hydrogens is 252 g/mol. The van der Waals surface area contributed by atoms with Crippen molar-refractivity contribution in [1.82, 2.24) is 9.78 Å². The van der Waals surface area contributed by atoms with Crippen LogP contribution in [0.2, 0.25) is 0 Å². The van der Waals surface area contributed by atoms with E-state index in [0.717, 1.165) is 10.9 Å². The lowest BCUT2D eigenvalue weighted by Gasteiger charge is -2.10. The summed E-state index contributed by atoms with van der Waals surface area (Å²) in [5.74, 6) is 0.159. The maximum absolute atomic E-state index is 12.1. The van der Waals surface area contributed by atoms with Crippen molar-refractivity contribution in [3.05, 3.63) is 58.4 Å². The number of rotatable bonds is 1. The van der Waals surface area contributed by atoms with Crippen LogP contribution in [0.15, 0.2) is 47.3 Å². The monoisotopic (exact) mass is 266 g/mol. The van der Waals surface area contributed by atoms with Crippen molar-refractivity contribution < 1.29 is 5.11 Å². The number of phenolic OH excluding ortho intramolecular Hbond substituents is 1. The van der Waals surface area contributed by atoms with Crippen LogP contribution in [0.3, 0.4) is 0 Å². The number of benzene rings is 2. The van der Waals surface area contributed by atoms with Gasteiger partial charge in [-0.15, -0.1) is 0 Å². The lowest BCUT2D eigenvalue weighted by atomic mass is 10.0. The van der Waals surface area contributed by atoms with Crippen LogP contribution in [-0.4, -0.2) is 14.9 Å². The third-order valence-corrected chi connectivity index (χ3v) is 3.36. The molecule has 4 heteroatoms. The molecule has 1 aromatic heterocycles. The summed E-state index contributed by atoms with van der Waals surface area (Å²) in [6.07, 6.45) is 0. The largest absolute Gasteiger partial charge is 0.507 e. The van der Waals surface area contributed by atoms with Crippen molar-refractivity contribution >= 4 is 10.8 Å². The molecule has 0 atom stereocenters. The molecule has 1 N–H and O–H groups in total. The van der Waals surface area contributed by atoms with E-state index in [0.29, 0.717) is 16.6 Å². The Morgan fingerprint density at radius 1 is 1.10 bits per heavy atom. The van der Waals surface area contributed by atoms with Crippen molar-refractivity contribution in [2.75, 3.05) is 0 Å². The van der Waals surface area contributed by atoms with Gasteiger partial charge in [0.2, 0.25) is 0 Å². The molecule has 0 aliphatic rings. The average molecular weight is 266 g/mol. The quantitative estimate of drug-likeness (QED) is 0.736. The van der Waals surface area contributed by atoms with Crippen molar-refractivity contribution in [3.8, 4) is 17.0 Å². The second kappa shape index (κ2) is 4.49. The molecule has 2 aromatic carbocycles. The summed E-state index contributed by atoms with van der Waals surface area (Å²) in [7, 11) is 1.62. The minimum atomic E-state index is -0.142. The molecule has 0 bridgehead atoms. The van der Waals surface area contributed by atoms with E-state index in [4.69, 9.17) is 0 Å². The van der Waals surface area contributed by atoms with Gasteiger partial charge in [0.25, 0.3) is 5.56 Å². The number of aromatic hydroxyl groups is 1. The van der Waals surface area contributed by atoms with Crippen molar-refractivity contribution in [1.29, 1.82) is 0 Å². The van der Waals surface area contributed by atoms with Gasteiger partial charge in [-0.1, -0.05) is 29.8 Å². The van der Waals surface area contributed by atoms with Gasteiger partial charge < -0.3 is 5.11 Å². The highest BCUT2D eigenvalue weighted by atomic mass is 16.3. The number of aryl methyl sites for hydroxylation is 2. The standard InChI is InChI=1S/C16H14N2O2/c1-10-7-8-14(19)13(9-10)15-11-5-3-4-6-12(11)16(20)18(2)17-15/h3-9,19H,1-2H3. The number of fused-ring (bicyclic) bond motifs is 1. The van der Waals surface area contributed by atoms with Gasteiger partial charge in [-0.25, -0.2) is 4.68 Å². The van der Waals surface area contributed by atoms with Crippen LogP contribution in [0.1, 0.15) is 5.56 Å². The van der Waals surface area contributed by atoms with E-state index in [1.165, 1.54) is 4.68 Å². The molecule has 3 rings (SSSR count). The molecule has 0 saturated heterocycles. The molecule has 0 radical (unpaired) electrons. The Hall–Kier alpha value is -2.62. The molecule has 0 saturated carbocycles. The van der Waals surface area contributed by atoms with Crippen molar-refractivity contribution in [2.45, 2.75) is 6.92 Å². The van der Waals surface area contributed by atoms with Crippen LogP contribution in [0, 0.1) is 6.92 Å². The summed E-state index contributed by atoms with van der Waals surface area (Å²) in [6.45, 7) is 1.95. The predicted octanol–water partition coefficient (Wildman–Crippen LogP) is 2.61. The van der Waals surface area contributed by atoms with E-state index in [1.54, 1.807) is 19.2 Å². The minimum absolute atomic E-state index is 0.142. The fraction of sp³-hybridized carbons (Fsp3) is 0.125. The average Bonchev–Trinajstić information content (AvgIpc) is 2.46. The van der Waals surface area contributed by atoms with Crippen LogP contribution in [0.25, 0.3) is 22.0 Å².